The maximum Gasteiger partial charge on any atom is 0.338 e. The van der Waals surface area contributed by atoms with Gasteiger partial charge in [-0.25, -0.2) is 4.79 Å². The van der Waals surface area contributed by atoms with Crippen molar-refractivity contribution in [2.45, 2.75) is 13.8 Å². The molecule has 0 saturated heterocycles. The van der Waals surface area contributed by atoms with Gasteiger partial charge in [0, 0.05) is 16.6 Å². The van der Waals surface area contributed by atoms with Gasteiger partial charge in [0.05, 0.1) is 11.8 Å². The number of furan rings is 2. The van der Waals surface area contributed by atoms with Gasteiger partial charge in [-0.05, 0) is 49.7 Å². The van der Waals surface area contributed by atoms with Crippen molar-refractivity contribution in [1.82, 2.24) is 0 Å². The molecule has 0 fully saturated rings. The maximum absolute atomic E-state index is 12.5. The van der Waals surface area contributed by atoms with Gasteiger partial charge in [-0.1, -0.05) is 24.3 Å². The molecule has 2 aromatic carbocycles. The predicted molar refractivity (Wildman–Crippen MR) is 113 cm³/mol. The van der Waals surface area contributed by atoms with E-state index >= 15 is 0 Å². The fraction of sp³-hybridized carbons (Fsp3) is 0.125. The van der Waals surface area contributed by atoms with Crippen LogP contribution in [-0.4, -0.2) is 24.3 Å². The molecule has 0 aliphatic heterocycles. The van der Waals surface area contributed by atoms with E-state index < -0.39 is 24.3 Å². The molecule has 2 aromatic heterocycles. The van der Waals surface area contributed by atoms with Crippen LogP contribution >= 0.6 is 0 Å². The summed E-state index contributed by atoms with van der Waals surface area (Å²) in [6.07, 6.45) is 1.40. The summed E-state index contributed by atoms with van der Waals surface area (Å²) in [5.41, 5.74) is 2.70. The molecule has 0 aliphatic carbocycles. The maximum atomic E-state index is 12.5. The van der Waals surface area contributed by atoms with Gasteiger partial charge in [0.25, 0.3) is 5.91 Å². The smallest absolute Gasteiger partial charge is 0.338 e. The van der Waals surface area contributed by atoms with Crippen molar-refractivity contribution in [3.05, 3.63) is 89.1 Å². The summed E-state index contributed by atoms with van der Waals surface area (Å²) in [5.74, 6) is -1.23. The fourth-order valence-corrected chi connectivity index (χ4v) is 3.20. The number of carbonyl (C=O) groups is 3. The normalized spacial score (nSPS) is 10.8. The number of aryl methyl sites for hydroxylation is 2. The molecule has 0 atom stereocenters. The van der Waals surface area contributed by atoms with Crippen molar-refractivity contribution in [3.63, 3.8) is 0 Å². The Bertz CT molecular complexity index is 1280. The molecule has 7 heteroatoms. The second-order valence-corrected chi connectivity index (χ2v) is 7.01. The summed E-state index contributed by atoms with van der Waals surface area (Å²) < 4.78 is 15.9. The van der Waals surface area contributed by atoms with E-state index in [2.05, 4.69) is 5.32 Å². The van der Waals surface area contributed by atoms with Crippen LogP contribution in [0.3, 0.4) is 0 Å². The molecular formula is C24H19NO6. The minimum atomic E-state index is -0.685. The highest BCUT2D eigenvalue weighted by molar-refractivity contribution is 6.04. The SMILES string of the molecule is Cc1ccc(C(=O)OCC(=O)c2oc3ccccc3c2C)cc1NC(=O)c1ccco1. The van der Waals surface area contributed by atoms with Gasteiger partial charge in [-0.15, -0.1) is 0 Å². The second-order valence-electron chi connectivity index (χ2n) is 7.01. The first-order valence-electron chi connectivity index (χ1n) is 9.58. The monoisotopic (exact) mass is 417 g/mol. The predicted octanol–water partition coefficient (Wildman–Crippen LogP) is 4.93. The first-order valence-corrected chi connectivity index (χ1v) is 9.58. The van der Waals surface area contributed by atoms with Crippen LogP contribution in [0.15, 0.2) is 69.7 Å². The summed E-state index contributed by atoms with van der Waals surface area (Å²) in [7, 11) is 0. The minimum Gasteiger partial charge on any atom is -0.459 e. The Labute approximate surface area is 177 Å². The Hall–Kier alpha value is -4.13. The molecular weight excluding hydrogens is 398 g/mol. The van der Waals surface area contributed by atoms with Crippen LogP contribution in [0.4, 0.5) is 5.69 Å². The highest BCUT2D eigenvalue weighted by Crippen LogP contribution is 2.25. The number of anilines is 1. The third-order valence-electron chi connectivity index (χ3n) is 4.90. The molecule has 0 bridgehead atoms. The molecule has 0 saturated carbocycles. The topological polar surface area (TPSA) is 98.8 Å². The number of benzene rings is 2. The second kappa shape index (κ2) is 8.31. The highest BCUT2D eigenvalue weighted by atomic mass is 16.5. The average Bonchev–Trinajstić information content (AvgIpc) is 3.42. The van der Waals surface area contributed by atoms with Crippen molar-refractivity contribution in [3.8, 4) is 0 Å². The molecule has 0 unspecified atom stereocenters. The molecule has 31 heavy (non-hydrogen) atoms. The lowest BCUT2D eigenvalue weighted by molar-refractivity contribution is 0.0468. The average molecular weight is 417 g/mol. The lowest BCUT2D eigenvalue weighted by atomic mass is 10.1. The van der Waals surface area contributed by atoms with Crippen molar-refractivity contribution < 1.29 is 28.0 Å². The van der Waals surface area contributed by atoms with E-state index in [1.54, 1.807) is 38.1 Å². The molecule has 0 aliphatic rings. The number of nitrogens with one attached hydrogen (secondary N) is 1. The Kier molecular flexibility index (Phi) is 5.41. The Morgan fingerprint density at radius 1 is 1.00 bits per heavy atom. The molecule has 156 valence electrons. The fourth-order valence-electron chi connectivity index (χ4n) is 3.20. The number of carbonyl (C=O) groups excluding carboxylic acids is 3. The van der Waals surface area contributed by atoms with E-state index in [0.29, 0.717) is 16.8 Å². The van der Waals surface area contributed by atoms with Crippen LogP contribution in [0.5, 0.6) is 0 Å². The quantitative estimate of drug-likeness (QED) is 0.353. The summed E-state index contributed by atoms with van der Waals surface area (Å²) in [6.45, 7) is 3.12. The molecule has 0 spiro atoms. The van der Waals surface area contributed by atoms with Gasteiger partial charge in [-0.3, -0.25) is 9.59 Å². The minimum absolute atomic E-state index is 0.152. The lowest BCUT2D eigenvalue weighted by Crippen LogP contribution is -2.16. The zero-order chi connectivity index (χ0) is 22.0. The number of rotatable bonds is 6. The largest absolute Gasteiger partial charge is 0.459 e. The zero-order valence-corrected chi connectivity index (χ0v) is 16.9. The van der Waals surface area contributed by atoms with E-state index in [0.717, 1.165) is 10.9 Å². The van der Waals surface area contributed by atoms with Gasteiger partial charge < -0.3 is 18.9 Å². The van der Waals surface area contributed by atoms with Crippen molar-refractivity contribution in [2.75, 3.05) is 11.9 Å². The number of para-hydroxylation sites is 1. The highest BCUT2D eigenvalue weighted by Gasteiger charge is 2.20. The summed E-state index contributed by atoms with van der Waals surface area (Å²) in [6, 6.07) is 15.2. The first-order chi connectivity index (χ1) is 14.9. The van der Waals surface area contributed by atoms with E-state index in [4.69, 9.17) is 13.6 Å². The summed E-state index contributed by atoms with van der Waals surface area (Å²) >= 11 is 0. The van der Waals surface area contributed by atoms with Crippen LogP contribution in [-0.2, 0) is 4.74 Å². The molecule has 2 heterocycles. The summed E-state index contributed by atoms with van der Waals surface area (Å²) in [4.78, 5) is 37.2. The molecule has 4 aromatic rings. The van der Waals surface area contributed by atoms with E-state index in [9.17, 15) is 14.4 Å². The van der Waals surface area contributed by atoms with Gasteiger partial charge >= 0.3 is 5.97 Å². The van der Waals surface area contributed by atoms with E-state index in [1.165, 1.54) is 18.4 Å². The van der Waals surface area contributed by atoms with E-state index in [1.807, 2.05) is 18.2 Å². The van der Waals surface area contributed by atoms with Crippen molar-refractivity contribution in [1.29, 1.82) is 0 Å². The van der Waals surface area contributed by atoms with Gasteiger partial charge in [0.1, 0.15) is 5.58 Å². The standard InChI is InChI=1S/C24H19NO6/c1-14-9-10-16(12-18(14)25-23(27)21-8-5-11-29-21)24(28)30-13-19(26)22-15(2)17-6-3-4-7-20(17)31-22/h3-12H,13H2,1-2H3,(H,25,27). The molecule has 4 rings (SSSR count). The molecule has 1 amide bonds. The van der Waals surface area contributed by atoms with Crippen LogP contribution in [0.25, 0.3) is 11.0 Å². The van der Waals surface area contributed by atoms with Crippen LogP contribution in [0.2, 0.25) is 0 Å². The van der Waals surface area contributed by atoms with Crippen molar-refractivity contribution in [2.24, 2.45) is 0 Å². The summed E-state index contributed by atoms with van der Waals surface area (Å²) in [5, 5.41) is 3.54. The zero-order valence-electron chi connectivity index (χ0n) is 16.9. The number of amides is 1. The number of esters is 1. The third kappa shape index (κ3) is 4.11. The third-order valence-corrected chi connectivity index (χ3v) is 4.90. The number of Topliss-reactive ketones (excluding diaryl/α,β-unsaturated/α-hetero) is 1. The van der Waals surface area contributed by atoms with Crippen LogP contribution < -0.4 is 5.32 Å². The Balaban J connectivity index is 1.45. The first kappa shape index (κ1) is 20.2. The van der Waals surface area contributed by atoms with Gasteiger partial charge in [0.15, 0.2) is 18.1 Å². The molecule has 7 nitrogen and oxygen atoms in total. The number of hydrogen-bond acceptors (Lipinski definition) is 6. The number of ketones is 1. The number of fused-ring (bicyclic) bond motifs is 1. The van der Waals surface area contributed by atoms with Gasteiger partial charge in [-0.2, -0.15) is 0 Å². The number of hydrogen-bond donors (Lipinski definition) is 1. The Morgan fingerprint density at radius 2 is 1.81 bits per heavy atom. The molecule has 1 N–H and O–H groups in total. The van der Waals surface area contributed by atoms with E-state index in [-0.39, 0.29) is 17.1 Å². The van der Waals surface area contributed by atoms with Crippen LogP contribution in [0, 0.1) is 13.8 Å². The van der Waals surface area contributed by atoms with Crippen molar-refractivity contribution >= 4 is 34.3 Å². The van der Waals surface area contributed by atoms with Gasteiger partial charge in [0.2, 0.25) is 5.78 Å². The Morgan fingerprint density at radius 3 is 2.55 bits per heavy atom. The van der Waals surface area contributed by atoms with Crippen LogP contribution in [0.1, 0.15) is 42.6 Å². The lowest BCUT2D eigenvalue weighted by Gasteiger charge is -2.10. The molecule has 0 radical (unpaired) electrons. The number of ether oxygens (including phenoxy) is 1.